The summed E-state index contributed by atoms with van der Waals surface area (Å²) in [5, 5.41) is 36.8. The third-order valence-electron chi connectivity index (χ3n) is 3.05. The van der Waals surface area contributed by atoms with E-state index >= 15 is 0 Å². The fourth-order valence-corrected chi connectivity index (χ4v) is 4.38. The van der Waals surface area contributed by atoms with Crippen molar-refractivity contribution >= 4 is 23.5 Å². The van der Waals surface area contributed by atoms with Crippen LogP contribution in [-0.2, 0) is 6.54 Å². The highest BCUT2D eigenvalue weighted by Crippen LogP contribution is 2.28. The molecule has 5 nitrogen and oxygen atoms in total. The molecule has 7 heteroatoms. The van der Waals surface area contributed by atoms with Crippen molar-refractivity contribution in [3.05, 3.63) is 12.1 Å². The molecule has 0 aliphatic carbocycles. The molecule has 0 bridgehead atoms. The summed E-state index contributed by atoms with van der Waals surface area (Å²) < 4.78 is 1.91. The molecule has 1 aromatic heterocycles. The Hall–Kier alpha value is -0.500. The molecular formula is C14H25NO4S2. The molecule has 0 radical (unpaired) electrons. The highest BCUT2D eigenvalue weighted by atomic mass is 32.2. The van der Waals surface area contributed by atoms with Gasteiger partial charge in [0, 0.05) is 30.2 Å². The predicted molar refractivity (Wildman–Crippen MR) is 89.1 cm³/mol. The van der Waals surface area contributed by atoms with Crippen molar-refractivity contribution in [1.29, 1.82) is 0 Å². The third kappa shape index (κ3) is 7.35. The monoisotopic (exact) mass is 335 g/mol. The first-order chi connectivity index (χ1) is 10.2. The molecule has 0 aliphatic heterocycles. The summed E-state index contributed by atoms with van der Waals surface area (Å²) >= 11 is 3.48. The highest BCUT2D eigenvalue weighted by molar-refractivity contribution is 8.17. The fourth-order valence-electron chi connectivity index (χ4n) is 2.02. The molecule has 0 saturated carbocycles. The minimum atomic E-state index is 0.0994. The zero-order valence-electron chi connectivity index (χ0n) is 12.1. The topological polar surface area (TPSA) is 85.9 Å². The summed E-state index contributed by atoms with van der Waals surface area (Å²) in [6.07, 6.45) is 4.02. The van der Waals surface area contributed by atoms with E-state index in [9.17, 15) is 10.2 Å². The minimum Gasteiger partial charge on any atom is -0.494 e. The van der Waals surface area contributed by atoms with Crippen molar-refractivity contribution in [3.63, 3.8) is 0 Å². The summed E-state index contributed by atoms with van der Waals surface area (Å²) in [6.45, 7) is 0.989. The first-order valence-corrected chi connectivity index (χ1v) is 9.31. The molecule has 21 heavy (non-hydrogen) atoms. The average Bonchev–Trinajstić information content (AvgIpc) is 2.80. The van der Waals surface area contributed by atoms with Gasteiger partial charge in [0.2, 0.25) is 0 Å². The Labute approximate surface area is 134 Å². The summed E-state index contributed by atoms with van der Waals surface area (Å²) in [6, 6.07) is 2.98. The molecule has 0 spiro atoms. The second-order valence-electron chi connectivity index (χ2n) is 4.67. The van der Waals surface area contributed by atoms with Gasteiger partial charge < -0.3 is 20.4 Å². The molecule has 122 valence electrons. The van der Waals surface area contributed by atoms with E-state index in [1.54, 1.807) is 23.5 Å². The van der Waals surface area contributed by atoms with Crippen LogP contribution in [0.5, 0.6) is 11.8 Å². The summed E-state index contributed by atoms with van der Waals surface area (Å²) in [5.74, 6) is 1.66. The van der Waals surface area contributed by atoms with Gasteiger partial charge in [-0.05, 0) is 12.8 Å². The Morgan fingerprint density at radius 1 is 0.905 bits per heavy atom. The molecular weight excluding hydrogens is 310 g/mol. The number of unbranched alkanes of at least 4 members (excludes halogenated alkanes) is 2. The van der Waals surface area contributed by atoms with Gasteiger partial charge in [-0.1, -0.05) is 12.8 Å². The Morgan fingerprint density at radius 3 is 2.00 bits per heavy atom. The van der Waals surface area contributed by atoms with Crippen LogP contribution in [0.4, 0.5) is 0 Å². The van der Waals surface area contributed by atoms with E-state index in [0.717, 1.165) is 37.2 Å². The largest absolute Gasteiger partial charge is 0.494 e. The summed E-state index contributed by atoms with van der Waals surface area (Å²) in [4.78, 5) is 0. The molecule has 4 N–H and O–H groups in total. The van der Waals surface area contributed by atoms with Gasteiger partial charge in [-0.3, -0.25) is 4.57 Å². The number of aliphatic hydroxyl groups excluding tert-OH is 2. The van der Waals surface area contributed by atoms with Crippen molar-refractivity contribution in [3.8, 4) is 11.8 Å². The maximum atomic E-state index is 9.52. The maximum absolute atomic E-state index is 9.52. The number of hydrogen-bond acceptors (Lipinski definition) is 6. The fraction of sp³-hybridized carbons (Fsp3) is 0.714. The van der Waals surface area contributed by atoms with Crippen LogP contribution in [-0.4, -0.2) is 54.3 Å². The smallest absolute Gasteiger partial charge is 0.193 e. The Morgan fingerprint density at radius 2 is 1.48 bits per heavy atom. The zero-order chi connectivity index (χ0) is 15.5. The number of rotatable bonds is 12. The van der Waals surface area contributed by atoms with E-state index in [4.69, 9.17) is 10.2 Å². The summed E-state index contributed by atoms with van der Waals surface area (Å²) in [7, 11) is 0. The zero-order valence-corrected chi connectivity index (χ0v) is 13.8. The van der Waals surface area contributed by atoms with Crippen LogP contribution in [0.1, 0.15) is 25.7 Å². The second kappa shape index (κ2) is 11.1. The lowest BCUT2D eigenvalue weighted by Crippen LogP contribution is -2.04. The van der Waals surface area contributed by atoms with E-state index in [1.807, 2.05) is 0 Å². The van der Waals surface area contributed by atoms with Crippen molar-refractivity contribution in [2.45, 2.75) is 36.8 Å². The van der Waals surface area contributed by atoms with E-state index in [0.29, 0.717) is 11.1 Å². The Kier molecular flexibility index (Phi) is 9.82. The van der Waals surface area contributed by atoms with Crippen LogP contribution in [0.15, 0.2) is 12.1 Å². The lowest BCUT2D eigenvalue weighted by molar-refractivity contribution is 0.322. The molecule has 1 aromatic rings. The molecule has 0 saturated heterocycles. The van der Waals surface area contributed by atoms with E-state index in [-0.39, 0.29) is 25.0 Å². The first-order valence-electron chi connectivity index (χ1n) is 7.21. The van der Waals surface area contributed by atoms with E-state index in [1.165, 1.54) is 16.7 Å². The van der Waals surface area contributed by atoms with Crippen molar-refractivity contribution < 1.29 is 20.4 Å². The normalized spacial score (nSPS) is 11.4. The predicted octanol–water partition coefficient (Wildman–Crippen LogP) is 2.24. The molecule has 0 atom stereocenters. The summed E-state index contributed by atoms with van der Waals surface area (Å²) in [5.41, 5.74) is 0. The number of aromatic nitrogens is 1. The SMILES string of the molecule is OCCSC(CCCCCn1c(O)ccc1O)SCCO. The molecule has 0 aliphatic rings. The van der Waals surface area contributed by atoms with Gasteiger partial charge in [0.1, 0.15) is 0 Å². The minimum absolute atomic E-state index is 0.0994. The quantitative estimate of drug-likeness (QED) is 0.346. The van der Waals surface area contributed by atoms with E-state index in [2.05, 4.69) is 0 Å². The van der Waals surface area contributed by atoms with Gasteiger partial charge in [0.05, 0.1) is 17.8 Å². The molecule has 0 unspecified atom stereocenters. The number of thioether (sulfide) groups is 2. The van der Waals surface area contributed by atoms with Gasteiger partial charge in [-0.2, -0.15) is 0 Å². The van der Waals surface area contributed by atoms with Crippen LogP contribution >= 0.6 is 23.5 Å². The van der Waals surface area contributed by atoms with E-state index < -0.39 is 0 Å². The van der Waals surface area contributed by atoms with Crippen LogP contribution < -0.4 is 0 Å². The van der Waals surface area contributed by atoms with Crippen molar-refractivity contribution in [2.75, 3.05) is 24.7 Å². The van der Waals surface area contributed by atoms with Gasteiger partial charge in [0.25, 0.3) is 0 Å². The van der Waals surface area contributed by atoms with Crippen LogP contribution in [0.25, 0.3) is 0 Å². The van der Waals surface area contributed by atoms with Crippen molar-refractivity contribution in [1.82, 2.24) is 4.57 Å². The molecule has 0 amide bonds. The van der Waals surface area contributed by atoms with Crippen LogP contribution in [0, 0.1) is 0 Å². The Balaban J connectivity index is 2.18. The number of hydrogen-bond donors (Lipinski definition) is 4. The second-order valence-corrected chi connectivity index (χ2v) is 7.59. The average molecular weight is 335 g/mol. The number of aromatic hydroxyl groups is 2. The standard InChI is InChI=1S/C14H25NO4S2/c16-8-10-20-14(21-11-9-17)4-2-1-3-7-15-12(18)5-6-13(15)19/h5-6,14,16-19H,1-4,7-11H2. The van der Waals surface area contributed by atoms with Crippen molar-refractivity contribution in [2.24, 2.45) is 0 Å². The van der Waals surface area contributed by atoms with Gasteiger partial charge in [-0.25, -0.2) is 0 Å². The van der Waals surface area contributed by atoms with Crippen LogP contribution in [0.2, 0.25) is 0 Å². The molecule has 0 aromatic carbocycles. The Bertz CT molecular complexity index is 360. The van der Waals surface area contributed by atoms with Gasteiger partial charge >= 0.3 is 0 Å². The first kappa shape index (κ1) is 18.5. The molecule has 0 fully saturated rings. The third-order valence-corrected chi connectivity index (χ3v) is 5.91. The van der Waals surface area contributed by atoms with Crippen LogP contribution in [0.3, 0.4) is 0 Å². The molecule has 1 heterocycles. The van der Waals surface area contributed by atoms with Gasteiger partial charge in [-0.15, -0.1) is 23.5 Å². The molecule has 1 rings (SSSR count). The lowest BCUT2D eigenvalue weighted by atomic mass is 10.2. The maximum Gasteiger partial charge on any atom is 0.193 e. The number of aliphatic hydroxyl groups is 2. The highest BCUT2D eigenvalue weighted by Gasteiger charge is 2.09. The lowest BCUT2D eigenvalue weighted by Gasteiger charge is -2.15. The van der Waals surface area contributed by atoms with Gasteiger partial charge in [0.15, 0.2) is 11.8 Å². The number of nitrogens with zero attached hydrogens (tertiary/aromatic N) is 1.